The lowest BCUT2D eigenvalue weighted by Gasteiger charge is -2.15. The molecule has 18 heavy (non-hydrogen) atoms. The highest BCUT2D eigenvalue weighted by molar-refractivity contribution is 6.30. The average molecular weight is 271 g/mol. The molecular weight excluding hydrogens is 252 g/mol. The molecular formula is C13H19ClN2O2. The van der Waals surface area contributed by atoms with E-state index >= 15 is 0 Å². The van der Waals surface area contributed by atoms with Gasteiger partial charge in [0, 0.05) is 23.3 Å². The predicted octanol–water partition coefficient (Wildman–Crippen LogP) is 2.29. The summed E-state index contributed by atoms with van der Waals surface area (Å²) in [6.07, 6.45) is 0. The van der Waals surface area contributed by atoms with Gasteiger partial charge < -0.3 is 15.4 Å². The lowest BCUT2D eigenvalue weighted by Crippen LogP contribution is -2.34. The van der Waals surface area contributed by atoms with E-state index in [2.05, 4.69) is 10.6 Å². The van der Waals surface area contributed by atoms with Crippen molar-refractivity contribution >= 4 is 23.3 Å². The lowest BCUT2D eigenvalue weighted by atomic mass is 10.2. The molecule has 1 rings (SSSR count). The van der Waals surface area contributed by atoms with E-state index in [9.17, 15) is 4.79 Å². The van der Waals surface area contributed by atoms with Crippen molar-refractivity contribution in [3.05, 3.63) is 29.3 Å². The molecule has 1 unspecified atom stereocenters. The molecule has 0 amide bonds. The zero-order valence-electron chi connectivity index (χ0n) is 10.7. The van der Waals surface area contributed by atoms with Crippen LogP contribution in [0.1, 0.15) is 13.8 Å². The second kappa shape index (κ2) is 7.95. The molecule has 0 aliphatic heterocycles. The van der Waals surface area contributed by atoms with Crippen LogP contribution in [0.5, 0.6) is 0 Å². The third-order valence-corrected chi connectivity index (χ3v) is 2.50. The summed E-state index contributed by atoms with van der Waals surface area (Å²) >= 11 is 5.89. The number of rotatable bonds is 7. The van der Waals surface area contributed by atoms with Crippen molar-refractivity contribution in [3.8, 4) is 0 Å². The van der Waals surface area contributed by atoms with Gasteiger partial charge in [-0.15, -0.1) is 0 Å². The second-order valence-corrected chi connectivity index (χ2v) is 4.43. The van der Waals surface area contributed by atoms with Crippen LogP contribution < -0.4 is 10.6 Å². The summed E-state index contributed by atoms with van der Waals surface area (Å²) in [5.41, 5.74) is 0.966. The Morgan fingerprint density at radius 3 is 2.94 bits per heavy atom. The lowest BCUT2D eigenvalue weighted by molar-refractivity contribution is -0.141. The normalized spacial score (nSPS) is 11.9. The Hall–Kier alpha value is -1.26. The van der Waals surface area contributed by atoms with Crippen LogP contribution in [0.15, 0.2) is 24.3 Å². The Morgan fingerprint density at radius 1 is 1.50 bits per heavy atom. The standard InChI is InChI=1S/C13H19ClN2O2/c1-3-18-13(17)9-15-8-10(2)16-12-6-4-5-11(14)7-12/h4-7,10,15-16H,3,8-9H2,1-2H3. The highest BCUT2D eigenvalue weighted by Gasteiger charge is 2.04. The number of carbonyl (C=O) groups excluding carboxylic acids is 1. The molecule has 100 valence electrons. The van der Waals surface area contributed by atoms with E-state index in [0.717, 1.165) is 5.69 Å². The van der Waals surface area contributed by atoms with E-state index in [-0.39, 0.29) is 18.6 Å². The van der Waals surface area contributed by atoms with Gasteiger partial charge in [0.05, 0.1) is 13.2 Å². The molecule has 0 heterocycles. The van der Waals surface area contributed by atoms with Gasteiger partial charge in [-0.05, 0) is 32.0 Å². The maximum Gasteiger partial charge on any atom is 0.319 e. The van der Waals surface area contributed by atoms with Crippen LogP contribution >= 0.6 is 11.6 Å². The number of esters is 1. The van der Waals surface area contributed by atoms with Gasteiger partial charge in [-0.25, -0.2) is 0 Å². The van der Waals surface area contributed by atoms with Crippen molar-refractivity contribution in [3.63, 3.8) is 0 Å². The molecule has 1 aromatic carbocycles. The molecule has 0 aliphatic rings. The SMILES string of the molecule is CCOC(=O)CNCC(C)Nc1cccc(Cl)c1. The Kier molecular flexibility index (Phi) is 6.54. The molecule has 0 radical (unpaired) electrons. The molecule has 1 atom stereocenters. The number of halogens is 1. The highest BCUT2D eigenvalue weighted by atomic mass is 35.5. The van der Waals surface area contributed by atoms with Gasteiger partial charge in [-0.3, -0.25) is 4.79 Å². The van der Waals surface area contributed by atoms with Crippen LogP contribution in [0.2, 0.25) is 5.02 Å². The fourth-order valence-electron chi connectivity index (χ4n) is 1.52. The van der Waals surface area contributed by atoms with Crippen LogP contribution in [0.4, 0.5) is 5.69 Å². The smallest absolute Gasteiger partial charge is 0.319 e. The number of ether oxygens (including phenoxy) is 1. The van der Waals surface area contributed by atoms with Gasteiger partial charge in [-0.2, -0.15) is 0 Å². The first-order valence-electron chi connectivity index (χ1n) is 6.00. The first kappa shape index (κ1) is 14.8. The van der Waals surface area contributed by atoms with Crippen molar-refractivity contribution in [2.75, 3.05) is 25.0 Å². The van der Waals surface area contributed by atoms with E-state index in [1.165, 1.54) is 0 Å². The number of hydrogen-bond donors (Lipinski definition) is 2. The molecule has 0 bridgehead atoms. The monoisotopic (exact) mass is 270 g/mol. The largest absolute Gasteiger partial charge is 0.465 e. The number of nitrogens with one attached hydrogen (secondary N) is 2. The van der Waals surface area contributed by atoms with Gasteiger partial charge in [0.15, 0.2) is 0 Å². The maximum atomic E-state index is 11.1. The molecule has 4 nitrogen and oxygen atoms in total. The minimum atomic E-state index is -0.229. The predicted molar refractivity (Wildman–Crippen MR) is 74.0 cm³/mol. The number of anilines is 1. The molecule has 1 aromatic rings. The van der Waals surface area contributed by atoms with Crippen LogP contribution in [0, 0.1) is 0 Å². The first-order chi connectivity index (χ1) is 8.61. The van der Waals surface area contributed by atoms with E-state index in [0.29, 0.717) is 18.2 Å². The maximum absolute atomic E-state index is 11.1. The topological polar surface area (TPSA) is 50.4 Å². The van der Waals surface area contributed by atoms with Gasteiger partial charge >= 0.3 is 5.97 Å². The molecule has 0 saturated carbocycles. The minimum absolute atomic E-state index is 0.192. The molecule has 0 aliphatic carbocycles. The summed E-state index contributed by atoms with van der Waals surface area (Å²) in [7, 11) is 0. The van der Waals surface area contributed by atoms with E-state index in [1.807, 2.05) is 31.2 Å². The highest BCUT2D eigenvalue weighted by Crippen LogP contribution is 2.15. The van der Waals surface area contributed by atoms with E-state index in [4.69, 9.17) is 16.3 Å². The Bertz CT molecular complexity index is 385. The zero-order chi connectivity index (χ0) is 13.4. The average Bonchev–Trinajstić information content (AvgIpc) is 2.29. The van der Waals surface area contributed by atoms with Gasteiger partial charge in [0.1, 0.15) is 0 Å². The summed E-state index contributed by atoms with van der Waals surface area (Å²) in [5.74, 6) is -0.229. The molecule has 5 heteroatoms. The van der Waals surface area contributed by atoms with Crippen molar-refractivity contribution in [1.29, 1.82) is 0 Å². The summed E-state index contributed by atoms with van der Waals surface area (Å²) in [4.78, 5) is 11.1. The zero-order valence-corrected chi connectivity index (χ0v) is 11.5. The molecule has 2 N–H and O–H groups in total. The van der Waals surface area contributed by atoms with Crippen molar-refractivity contribution < 1.29 is 9.53 Å². The van der Waals surface area contributed by atoms with Crippen LogP contribution in [-0.2, 0) is 9.53 Å². The van der Waals surface area contributed by atoms with Crippen LogP contribution in [-0.4, -0.2) is 31.7 Å². The Morgan fingerprint density at radius 2 is 2.28 bits per heavy atom. The van der Waals surface area contributed by atoms with Gasteiger partial charge in [0.2, 0.25) is 0 Å². The minimum Gasteiger partial charge on any atom is -0.465 e. The first-order valence-corrected chi connectivity index (χ1v) is 6.38. The second-order valence-electron chi connectivity index (χ2n) is 3.99. The number of carbonyl (C=O) groups is 1. The van der Waals surface area contributed by atoms with Crippen LogP contribution in [0.25, 0.3) is 0 Å². The third-order valence-electron chi connectivity index (χ3n) is 2.26. The Labute approximate surface area is 113 Å². The van der Waals surface area contributed by atoms with Gasteiger partial charge in [0.25, 0.3) is 0 Å². The Balaban J connectivity index is 2.25. The third kappa shape index (κ3) is 5.89. The fraction of sp³-hybridized carbons (Fsp3) is 0.462. The number of benzene rings is 1. The fourth-order valence-corrected chi connectivity index (χ4v) is 1.71. The number of hydrogen-bond acceptors (Lipinski definition) is 4. The van der Waals surface area contributed by atoms with Crippen molar-refractivity contribution in [2.45, 2.75) is 19.9 Å². The summed E-state index contributed by atoms with van der Waals surface area (Å²) in [6, 6.07) is 7.73. The summed E-state index contributed by atoms with van der Waals surface area (Å²) < 4.78 is 4.82. The molecule has 0 aromatic heterocycles. The van der Waals surface area contributed by atoms with E-state index in [1.54, 1.807) is 6.92 Å². The van der Waals surface area contributed by atoms with E-state index < -0.39 is 0 Å². The summed E-state index contributed by atoms with van der Waals surface area (Å²) in [6.45, 7) is 5.14. The quantitative estimate of drug-likeness (QED) is 0.747. The molecule has 0 fully saturated rings. The summed E-state index contributed by atoms with van der Waals surface area (Å²) in [5, 5.41) is 7.02. The van der Waals surface area contributed by atoms with Crippen molar-refractivity contribution in [2.24, 2.45) is 0 Å². The molecule has 0 spiro atoms. The van der Waals surface area contributed by atoms with Gasteiger partial charge in [-0.1, -0.05) is 17.7 Å². The van der Waals surface area contributed by atoms with Crippen LogP contribution in [0.3, 0.4) is 0 Å². The molecule has 0 saturated heterocycles. The van der Waals surface area contributed by atoms with Crippen molar-refractivity contribution in [1.82, 2.24) is 5.32 Å².